The normalized spacial score (nSPS) is 14.0. The van der Waals surface area contributed by atoms with Gasteiger partial charge >= 0.3 is 5.63 Å². The van der Waals surface area contributed by atoms with E-state index < -0.39 is 0 Å². The lowest BCUT2D eigenvalue weighted by Gasteiger charge is -2.14. The number of likely N-dealkylation sites (tertiary alicyclic amines) is 1. The molecule has 144 valence electrons. The Bertz CT molecular complexity index is 1090. The molecule has 0 radical (unpaired) electrons. The summed E-state index contributed by atoms with van der Waals surface area (Å²) in [7, 11) is 0. The Labute approximate surface area is 171 Å². The molecule has 0 bridgehead atoms. The van der Waals surface area contributed by atoms with Gasteiger partial charge in [-0.1, -0.05) is 11.6 Å². The summed E-state index contributed by atoms with van der Waals surface area (Å²) in [6.07, 6.45) is 3.76. The molecule has 3 heterocycles. The summed E-state index contributed by atoms with van der Waals surface area (Å²) in [6, 6.07) is 8.76. The zero-order chi connectivity index (χ0) is 19.7. The van der Waals surface area contributed by atoms with Gasteiger partial charge in [0.25, 0.3) is 5.91 Å². The molecule has 1 amide bonds. The van der Waals surface area contributed by atoms with Gasteiger partial charge < -0.3 is 9.32 Å². The monoisotopic (exact) mass is 414 g/mol. The van der Waals surface area contributed by atoms with Gasteiger partial charge in [0.1, 0.15) is 5.58 Å². The van der Waals surface area contributed by atoms with Crippen molar-refractivity contribution in [2.45, 2.75) is 30.5 Å². The molecule has 28 heavy (non-hydrogen) atoms. The van der Waals surface area contributed by atoms with E-state index in [-0.39, 0.29) is 11.5 Å². The molecule has 0 unspecified atom stereocenters. The number of nitrogens with zero attached hydrogens (tertiary/aromatic N) is 2. The molecule has 0 N–H and O–H groups in total. The van der Waals surface area contributed by atoms with Crippen LogP contribution < -0.4 is 5.63 Å². The number of thioether (sulfide) groups is 1. The molecular weight excluding hydrogens is 396 g/mol. The van der Waals surface area contributed by atoms with Gasteiger partial charge in [-0.3, -0.25) is 4.79 Å². The second kappa shape index (κ2) is 7.97. The van der Waals surface area contributed by atoms with E-state index >= 15 is 0 Å². The summed E-state index contributed by atoms with van der Waals surface area (Å²) in [5, 5.41) is 2.25. The van der Waals surface area contributed by atoms with Gasteiger partial charge in [-0.15, -0.1) is 11.8 Å². The summed E-state index contributed by atoms with van der Waals surface area (Å²) in [5.74, 6) is 0.590. The first-order valence-electron chi connectivity index (χ1n) is 9.12. The number of carbonyl (C=O) groups is 1. The Morgan fingerprint density at radius 3 is 2.75 bits per heavy atom. The number of hydrogen-bond acceptors (Lipinski definition) is 5. The van der Waals surface area contributed by atoms with Crippen LogP contribution in [-0.2, 0) is 5.75 Å². The van der Waals surface area contributed by atoms with Crippen LogP contribution >= 0.6 is 23.4 Å². The first-order chi connectivity index (χ1) is 13.5. The van der Waals surface area contributed by atoms with E-state index in [2.05, 4.69) is 4.98 Å². The molecule has 5 nitrogen and oxygen atoms in total. The summed E-state index contributed by atoms with van der Waals surface area (Å²) in [4.78, 5) is 30.6. The van der Waals surface area contributed by atoms with E-state index in [0.717, 1.165) is 47.5 Å². The number of amides is 1. The van der Waals surface area contributed by atoms with Crippen LogP contribution in [0.1, 0.15) is 34.3 Å². The quantitative estimate of drug-likeness (QED) is 0.458. The lowest BCUT2D eigenvalue weighted by Crippen LogP contribution is -2.27. The van der Waals surface area contributed by atoms with E-state index in [4.69, 9.17) is 16.0 Å². The third-order valence-electron chi connectivity index (χ3n) is 4.86. The lowest BCUT2D eigenvalue weighted by atomic mass is 10.1. The van der Waals surface area contributed by atoms with Crippen molar-refractivity contribution in [3.05, 3.63) is 68.7 Å². The van der Waals surface area contributed by atoms with Gasteiger partial charge in [-0.2, -0.15) is 0 Å². The molecule has 4 rings (SSSR count). The third-order valence-corrected chi connectivity index (χ3v) is 6.26. The molecule has 2 aromatic heterocycles. The maximum atomic E-state index is 12.4. The van der Waals surface area contributed by atoms with Gasteiger partial charge in [0.05, 0.1) is 10.6 Å². The van der Waals surface area contributed by atoms with Crippen LogP contribution in [0.4, 0.5) is 0 Å². The average Bonchev–Trinajstić information content (AvgIpc) is 3.22. The van der Waals surface area contributed by atoms with Crippen molar-refractivity contribution < 1.29 is 9.21 Å². The minimum absolute atomic E-state index is 0.0400. The fourth-order valence-electron chi connectivity index (χ4n) is 3.31. The third kappa shape index (κ3) is 3.93. The van der Waals surface area contributed by atoms with Crippen LogP contribution in [-0.4, -0.2) is 28.9 Å². The van der Waals surface area contributed by atoms with E-state index in [0.29, 0.717) is 21.9 Å². The highest BCUT2D eigenvalue weighted by Crippen LogP contribution is 2.29. The fraction of sp³-hybridized carbons (Fsp3) is 0.286. The molecule has 3 aromatic rings. The SMILES string of the molecule is Cc1cc2oc(=O)cc(CSc3ccc(C(=O)N4CCCC4)cn3)c2cc1Cl. The number of rotatable bonds is 4. The van der Waals surface area contributed by atoms with Gasteiger partial charge in [-0.05, 0) is 55.2 Å². The number of aryl methyl sites for hydroxylation is 1. The van der Waals surface area contributed by atoms with Crippen molar-refractivity contribution in [2.24, 2.45) is 0 Å². The first-order valence-corrected chi connectivity index (χ1v) is 10.5. The zero-order valence-electron chi connectivity index (χ0n) is 15.4. The van der Waals surface area contributed by atoms with Gasteiger partial charge in [0.2, 0.25) is 0 Å². The standard InChI is InChI=1S/C21H19ClN2O3S/c1-13-8-18-16(10-17(13)22)15(9-20(25)27-18)12-28-19-5-4-14(11-23-19)21(26)24-6-2-3-7-24/h4-5,8-11H,2-3,6-7,12H2,1H3. The van der Waals surface area contributed by atoms with E-state index in [1.807, 2.05) is 30.0 Å². The van der Waals surface area contributed by atoms with Crippen molar-refractivity contribution in [2.75, 3.05) is 13.1 Å². The van der Waals surface area contributed by atoms with E-state index in [9.17, 15) is 9.59 Å². The van der Waals surface area contributed by atoms with Crippen LogP contribution in [0, 0.1) is 6.92 Å². The molecule has 1 saturated heterocycles. The van der Waals surface area contributed by atoms with Crippen LogP contribution in [0.5, 0.6) is 0 Å². The highest BCUT2D eigenvalue weighted by Gasteiger charge is 2.19. The number of halogens is 1. The predicted octanol–water partition coefficient (Wildman–Crippen LogP) is 4.68. The van der Waals surface area contributed by atoms with E-state index in [1.54, 1.807) is 12.3 Å². The molecule has 0 aliphatic carbocycles. The molecule has 0 saturated carbocycles. The zero-order valence-corrected chi connectivity index (χ0v) is 17.0. The number of aromatic nitrogens is 1. The van der Waals surface area contributed by atoms with Crippen molar-refractivity contribution in [1.82, 2.24) is 9.88 Å². The second-order valence-electron chi connectivity index (χ2n) is 6.86. The largest absolute Gasteiger partial charge is 0.423 e. The van der Waals surface area contributed by atoms with Crippen LogP contribution in [0.25, 0.3) is 11.0 Å². The number of pyridine rings is 1. The Morgan fingerprint density at radius 1 is 1.25 bits per heavy atom. The minimum atomic E-state index is -0.385. The summed E-state index contributed by atoms with van der Waals surface area (Å²) < 4.78 is 5.30. The number of fused-ring (bicyclic) bond motifs is 1. The highest BCUT2D eigenvalue weighted by molar-refractivity contribution is 7.98. The van der Waals surface area contributed by atoms with Crippen LogP contribution in [0.3, 0.4) is 0 Å². The Kier molecular flexibility index (Phi) is 5.42. The Morgan fingerprint density at radius 2 is 2.04 bits per heavy atom. The summed E-state index contributed by atoms with van der Waals surface area (Å²) >= 11 is 7.74. The molecular formula is C21H19ClN2O3S. The predicted molar refractivity (Wildman–Crippen MR) is 111 cm³/mol. The fourth-order valence-corrected chi connectivity index (χ4v) is 4.31. The van der Waals surface area contributed by atoms with Crippen molar-refractivity contribution in [3.8, 4) is 0 Å². The van der Waals surface area contributed by atoms with Crippen molar-refractivity contribution >= 4 is 40.2 Å². The van der Waals surface area contributed by atoms with Crippen molar-refractivity contribution in [1.29, 1.82) is 0 Å². The molecule has 7 heteroatoms. The topological polar surface area (TPSA) is 63.4 Å². The van der Waals surface area contributed by atoms with E-state index in [1.165, 1.54) is 17.8 Å². The van der Waals surface area contributed by atoms with Crippen LogP contribution in [0.2, 0.25) is 5.02 Å². The van der Waals surface area contributed by atoms with Gasteiger partial charge in [0.15, 0.2) is 0 Å². The molecule has 1 aliphatic rings. The molecule has 1 aliphatic heterocycles. The van der Waals surface area contributed by atoms with Crippen LogP contribution in [0.15, 0.2) is 50.8 Å². The number of carbonyl (C=O) groups excluding carboxylic acids is 1. The first kappa shape index (κ1) is 19.0. The number of benzene rings is 1. The number of hydrogen-bond donors (Lipinski definition) is 0. The molecule has 1 aromatic carbocycles. The van der Waals surface area contributed by atoms with Crippen molar-refractivity contribution in [3.63, 3.8) is 0 Å². The van der Waals surface area contributed by atoms with Gasteiger partial charge in [-0.25, -0.2) is 9.78 Å². The smallest absolute Gasteiger partial charge is 0.336 e. The molecule has 1 fully saturated rings. The Hall–Kier alpha value is -2.31. The minimum Gasteiger partial charge on any atom is -0.423 e. The summed E-state index contributed by atoms with van der Waals surface area (Å²) in [6.45, 7) is 3.51. The Balaban J connectivity index is 1.52. The molecule has 0 spiro atoms. The summed E-state index contributed by atoms with van der Waals surface area (Å²) in [5.41, 5.74) is 2.47. The lowest BCUT2D eigenvalue weighted by molar-refractivity contribution is 0.0792. The average molecular weight is 415 g/mol. The second-order valence-corrected chi connectivity index (χ2v) is 8.26. The highest BCUT2D eigenvalue weighted by atomic mass is 35.5. The van der Waals surface area contributed by atoms with Gasteiger partial charge in [0, 0.05) is 41.5 Å². The molecule has 0 atom stereocenters. The maximum Gasteiger partial charge on any atom is 0.336 e. The maximum absolute atomic E-state index is 12.4.